The number of nitrogen functional groups attached to an aromatic ring is 1. The van der Waals surface area contributed by atoms with Crippen LogP contribution in [0.3, 0.4) is 0 Å². The van der Waals surface area contributed by atoms with E-state index < -0.39 is 0 Å². The van der Waals surface area contributed by atoms with Crippen molar-refractivity contribution in [1.29, 1.82) is 0 Å². The van der Waals surface area contributed by atoms with Crippen LogP contribution in [-0.2, 0) is 12.8 Å². The molecule has 7 N–H and O–H groups in total. The third kappa shape index (κ3) is 17.6. The van der Waals surface area contributed by atoms with Gasteiger partial charge in [-0.3, -0.25) is 9.59 Å². The molecule has 2 fully saturated rings. The summed E-state index contributed by atoms with van der Waals surface area (Å²) in [4.78, 5) is 54.3. The number of carbonyl (C=O) groups excluding carboxylic acids is 2. The number of aryl methyl sites for hydroxylation is 5. The smallest absolute Gasteiger partial charge is 0.188 e. The van der Waals surface area contributed by atoms with Crippen LogP contribution in [-0.4, -0.2) is 90.1 Å². The summed E-state index contributed by atoms with van der Waals surface area (Å²) in [5, 5.41) is 30.9. The molecule has 0 aliphatic carbocycles. The van der Waals surface area contributed by atoms with Gasteiger partial charge < -0.3 is 36.8 Å². The number of rotatable bonds is 11. The summed E-state index contributed by atoms with van der Waals surface area (Å²) in [6.07, 6.45) is 6.42. The van der Waals surface area contributed by atoms with Crippen LogP contribution in [0.25, 0.3) is 0 Å². The molecule has 2 aliphatic heterocycles. The van der Waals surface area contributed by atoms with Crippen molar-refractivity contribution in [1.82, 2.24) is 35.2 Å². The van der Waals surface area contributed by atoms with E-state index in [1.54, 1.807) is 43.5 Å². The van der Waals surface area contributed by atoms with Gasteiger partial charge in [-0.05, 0) is 125 Å². The molecule has 386 valence electrons. The van der Waals surface area contributed by atoms with Crippen LogP contribution in [0.5, 0.6) is 0 Å². The minimum absolute atomic E-state index is 0.0266. The predicted molar refractivity (Wildman–Crippen MR) is 302 cm³/mol. The summed E-state index contributed by atoms with van der Waals surface area (Å²) in [5.41, 5.74) is 10.4. The van der Waals surface area contributed by atoms with Gasteiger partial charge in [0.25, 0.3) is 0 Å². The van der Waals surface area contributed by atoms with Crippen molar-refractivity contribution in [3.05, 3.63) is 147 Å². The summed E-state index contributed by atoms with van der Waals surface area (Å²) >= 11 is 29.9. The monoisotopic (exact) mass is 1170 g/mol. The number of carbonyl (C=O) groups is 2. The molecule has 4 aromatic heterocycles. The highest BCUT2D eigenvalue weighted by Crippen LogP contribution is 2.30. The largest absolute Gasteiger partial charge is 0.397 e. The Kier molecular flexibility index (Phi) is 20.6. The molecule has 0 radical (unpaired) electrons. The number of nitrogens with zero attached hydrogens (tertiary/aromatic N) is 7. The molecule has 9 rings (SSSR count). The standard InChI is InChI=1S/C22H24ClN5O2S.C17H14Cl2N4OS.C7H7BrClN.C5H11NO/c1-13-4-3-5-17(23)16(13)10-18(30)19-12-24-22(31-19)27-20-11-21(26-14(2)25-20)28-8-6-15(29)7-9-28;1-9-4-3-5-12(18)11(9)6-13(24)14-8-20-17(25-14)23-16-7-15(19)21-10(2)22-16;1-4-2-5(8)3-6(9)7(4)10;7-5-1-3-6-4-2-5/h3-5,11-12,15,29H,6-10H2,1-2H3,(H,24,25,26,27);3-5,7-8H,6H2,1-2H3,(H,20,21,22,23);2-3H,10H2,1H3;5-7H,1-4H2/i2*3D;;. The van der Waals surface area contributed by atoms with Gasteiger partial charge in [0.05, 0.1) is 47.8 Å². The number of nitrogens with one attached hydrogen (secondary N) is 3. The number of nitrogens with two attached hydrogens (primary N) is 1. The Bertz CT molecular complexity index is 3030. The van der Waals surface area contributed by atoms with Gasteiger partial charge in [-0.2, -0.15) is 0 Å². The SMILES string of the molecule is Cc1cc(Br)cc(Cl)c1N.OC1CCNCC1.[2H]c1cc(C)c(CC(=O)c2cnc(Nc3cc(Cl)nc(C)n3)s2)c(Cl)c1.[2H]c1cc(C)c(CC(=O)c2cnc(Nc3cc(N4CCC(O)CC4)nc(C)n3)s2)c(Cl)c1. The van der Waals surface area contributed by atoms with E-state index in [9.17, 15) is 14.7 Å². The maximum absolute atomic E-state index is 12.8. The Morgan fingerprint density at radius 3 is 1.67 bits per heavy atom. The second-order valence-electron chi connectivity index (χ2n) is 17.0. The Balaban J connectivity index is 0.000000188. The molecule has 2 aliphatic rings. The molecular formula is C51H56BrCl4N11O4S2. The quantitative estimate of drug-likeness (QED) is 0.0403. The lowest BCUT2D eigenvalue weighted by molar-refractivity contribution is 0.0988. The van der Waals surface area contributed by atoms with E-state index in [0.29, 0.717) is 81.3 Å². The molecule has 0 amide bonds. The average Bonchev–Trinajstić information content (AvgIpc) is 4.01. The zero-order valence-electron chi connectivity index (χ0n) is 42.6. The van der Waals surface area contributed by atoms with E-state index in [-0.39, 0.29) is 36.6 Å². The Morgan fingerprint density at radius 2 is 1.21 bits per heavy atom. The molecule has 0 atom stereocenters. The number of hydrogen-bond acceptors (Lipinski definition) is 17. The van der Waals surface area contributed by atoms with Crippen molar-refractivity contribution in [3.63, 3.8) is 0 Å². The zero-order chi connectivity index (χ0) is 54.5. The number of halogens is 5. The van der Waals surface area contributed by atoms with Crippen molar-refractivity contribution in [2.75, 3.05) is 47.4 Å². The van der Waals surface area contributed by atoms with E-state index in [4.69, 9.17) is 60.0 Å². The third-order valence-electron chi connectivity index (χ3n) is 11.3. The Hall–Kier alpha value is -4.86. The van der Waals surface area contributed by atoms with E-state index >= 15 is 0 Å². The molecule has 15 nitrogen and oxygen atoms in total. The first-order valence-corrected chi connectivity index (χ1v) is 27.0. The molecular weight excluding hydrogens is 1120 g/mol. The fraction of sp³-hybridized carbons (Fsp3) is 0.333. The number of thiazole rings is 2. The fourth-order valence-corrected chi connectivity index (χ4v) is 10.6. The second kappa shape index (κ2) is 27.6. The first-order valence-electron chi connectivity index (χ1n) is 24.0. The Morgan fingerprint density at radius 1 is 0.712 bits per heavy atom. The average molecular weight is 1170 g/mol. The van der Waals surface area contributed by atoms with Crippen molar-refractivity contribution >= 4 is 130 Å². The summed E-state index contributed by atoms with van der Waals surface area (Å²) < 4.78 is 16.3. The minimum Gasteiger partial charge on any atom is -0.397 e. The summed E-state index contributed by atoms with van der Waals surface area (Å²) in [6.45, 7) is 12.7. The number of anilines is 6. The highest BCUT2D eigenvalue weighted by molar-refractivity contribution is 9.10. The number of aliphatic hydroxyl groups is 2. The summed E-state index contributed by atoms with van der Waals surface area (Å²) in [5.74, 6) is 2.93. The molecule has 73 heavy (non-hydrogen) atoms. The van der Waals surface area contributed by atoms with Crippen LogP contribution in [0.15, 0.2) is 77.5 Å². The van der Waals surface area contributed by atoms with Gasteiger partial charge in [0, 0.05) is 52.6 Å². The first-order chi connectivity index (χ1) is 35.6. The number of aromatic nitrogens is 6. The molecule has 0 unspecified atom stereocenters. The van der Waals surface area contributed by atoms with Crippen LogP contribution in [0, 0.1) is 34.6 Å². The van der Waals surface area contributed by atoms with Gasteiger partial charge in [-0.25, -0.2) is 29.9 Å². The maximum Gasteiger partial charge on any atom is 0.188 e. The molecule has 2 saturated heterocycles. The van der Waals surface area contributed by atoms with Gasteiger partial charge in [0.1, 0.15) is 34.3 Å². The van der Waals surface area contributed by atoms with Crippen LogP contribution in [0.1, 0.15) is 87.2 Å². The summed E-state index contributed by atoms with van der Waals surface area (Å²) in [7, 11) is 0. The molecule has 6 heterocycles. The number of piperidine rings is 2. The lowest BCUT2D eigenvalue weighted by Gasteiger charge is -2.30. The van der Waals surface area contributed by atoms with E-state index in [1.165, 1.54) is 34.9 Å². The topological polar surface area (TPSA) is 217 Å². The van der Waals surface area contributed by atoms with Crippen LogP contribution >= 0.6 is 85.0 Å². The highest BCUT2D eigenvalue weighted by atomic mass is 79.9. The first kappa shape index (κ1) is 54.4. The van der Waals surface area contributed by atoms with Crippen LogP contribution in [0.2, 0.25) is 20.2 Å². The highest BCUT2D eigenvalue weighted by Gasteiger charge is 2.21. The lowest BCUT2D eigenvalue weighted by atomic mass is 10.0. The van der Waals surface area contributed by atoms with E-state index in [2.05, 4.69) is 66.7 Å². The van der Waals surface area contributed by atoms with Gasteiger partial charge in [-0.15, -0.1) is 0 Å². The lowest BCUT2D eigenvalue weighted by Crippen LogP contribution is -2.36. The molecule has 3 aromatic carbocycles. The number of aliphatic hydroxyl groups excluding tert-OH is 2. The maximum atomic E-state index is 12.8. The van der Waals surface area contributed by atoms with Crippen molar-refractivity contribution in [2.45, 2.75) is 85.4 Å². The molecule has 7 aromatic rings. The number of Topliss-reactive ketones (excluding diaryl/α,β-unsaturated/α-hetero) is 2. The van der Waals surface area contributed by atoms with Crippen LogP contribution in [0.4, 0.5) is 33.4 Å². The van der Waals surface area contributed by atoms with Gasteiger partial charge >= 0.3 is 0 Å². The van der Waals surface area contributed by atoms with E-state index in [0.717, 1.165) is 90.0 Å². The van der Waals surface area contributed by atoms with Crippen molar-refractivity contribution < 1.29 is 22.5 Å². The fourth-order valence-electron chi connectivity index (χ4n) is 7.28. The van der Waals surface area contributed by atoms with Gasteiger partial charge in [0.2, 0.25) is 0 Å². The third-order valence-corrected chi connectivity index (χ3v) is 14.8. The van der Waals surface area contributed by atoms with Gasteiger partial charge in [0.15, 0.2) is 21.8 Å². The van der Waals surface area contributed by atoms with Gasteiger partial charge in [-0.1, -0.05) is 109 Å². The number of hydrogen-bond donors (Lipinski definition) is 6. The zero-order valence-corrected chi connectivity index (χ0v) is 46.9. The Labute approximate surface area is 464 Å². The molecule has 22 heteroatoms. The molecule has 0 bridgehead atoms. The van der Waals surface area contributed by atoms with Crippen molar-refractivity contribution in [2.24, 2.45) is 0 Å². The molecule has 0 saturated carbocycles. The predicted octanol–water partition coefficient (Wildman–Crippen LogP) is 12.1. The van der Waals surface area contributed by atoms with Crippen LogP contribution < -0.4 is 26.6 Å². The van der Waals surface area contributed by atoms with Crippen molar-refractivity contribution in [3.8, 4) is 0 Å². The number of benzene rings is 3. The second-order valence-corrected chi connectivity index (χ2v) is 21.6. The minimum atomic E-state index is -0.248. The normalized spacial score (nSPS) is 14.1. The summed E-state index contributed by atoms with van der Waals surface area (Å²) in [6, 6.07) is 14.3. The number of ketones is 2. The molecule has 0 spiro atoms. The van der Waals surface area contributed by atoms with E-state index in [1.807, 2.05) is 39.8 Å².